The largest absolute Gasteiger partial charge is 0.484 e. The normalized spacial score (nSPS) is 16.5. The zero-order valence-electron chi connectivity index (χ0n) is 15.2. The molecule has 0 unspecified atom stereocenters. The van der Waals surface area contributed by atoms with Crippen molar-refractivity contribution in [3.05, 3.63) is 64.9 Å². The molecule has 0 saturated carbocycles. The third kappa shape index (κ3) is 4.67. The van der Waals surface area contributed by atoms with E-state index in [1.54, 1.807) is 11.3 Å². The first-order valence-corrected chi connectivity index (χ1v) is 10.2. The number of fused-ring (bicyclic) bond motifs is 1. The van der Waals surface area contributed by atoms with Gasteiger partial charge in [0.15, 0.2) is 6.61 Å². The number of carbonyl (C=O) groups is 1. The Morgan fingerprint density at radius 3 is 2.81 bits per heavy atom. The fourth-order valence-electron chi connectivity index (χ4n) is 3.37. The molecular formula is C22H23NO3S. The van der Waals surface area contributed by atoms with Crippen molar-refractivity contribution in [1.82, 2.24) is 4.90 Å². The van der Waals surface area contributed by atoms with Crippen molar-refractivity contribution in [3.8, 4) is 5.75 Å². The van der Waals surface area contributed by atoms with E-state index < -0.39 is 0 Å². The van der Waals surface area contributed by atoms with Gasteiger partial charge in [0.25, 0.3) is 5.91 Å². The fourth-order valence-corrected chi connectivity index (χ4v) is 4.09. The molecule has 0 aliphatic carbocycles. The molecule has 1 amide bonds. The summed E-state index contributed by atoms with van der Waals surface area (Å²) in [6.07, 6.45) is 2.22. The first kappa shape index (κ1) is 18.0. The summed E-state index contributed by atoms with van der Waals surface area (Å²) in [5.74, 6) is 0.710. The Labute approximate surface area is 163 Å². The Balaban J connectivity index is 1.41. The van der Waals surface area contributed by atoms with Crippen molar-refractivity contribution in [2.75, 3.05) is 19.8 Å². The number of rotatable bonds is 7. The minimum Gasteiger partial charge on any atom is -0.484 e. The summed E-state index contributed by atoms with van der Waals surface area (Å²) >= 11 is 1.67. The number of carbonyl (C=O) groups excluding carboxylic acids is 1. The smallest absolute Gasteiger partial charge is 0.260 e. The summed E-state index contributed by atoms with van der Waals surface area (Å²) in [6.45, 7) is 2.06. The number of benzene rings is 2. The van der Waals surface area contributed by atoms with Gasteiger partial charge in [0.1, 0.15) is 5.75 Å². The predicted octanol–water partition coefficient (Wildman–Crippen LogP) is 4.49. The summed E-state index contributed by atoms with van der Waals surface area (Å²) in [5.41, 5.74) is 0. The first-order chi connectivity index (χ1) is 13.3. The van der Waals surface area contributed by atoms with Crippen LogP contribution in [0.1, 0.15) is 17.7 Å². The number of ether oxygens (including phenoxy) is 2. The van der Waals surface area contributed by atoms with Gasteiger partial charge in [-0.15, -0.1) is 11.3 Å². The zero-order valence-corrected chi connectivity index (χ0v) is 16.0. The Morgan fingerprint density at radius 2 is 2.04 bits per heavy atom. The van der Waals surface area contributed by atoms with Crippen LogP contribution in [0.25, 0.3) is 10.8 Å². The van der Waals surface area contributed by atoms with E-state index in [4.69, 9.17) is 9.47 Å². The van der Waals surface area contributed by atoms with E-state index in [1.165, 1.54) is 4.88 Å². The molecule has 3 aromatic rings. The number of hydrogen-bond donors (Lipinski definition) is 0. The molecule has 1 fully saturated rings. The Morgan fingerprint density at radius 1 is 1.15 bits per heavy atom. The highest BCUT2D eigenvalue weighted by atomic mass is 32.1. The molecular weight excluding hydrogens is 358 g/mol. The van der Waals surface area contributed by atoms with Crippen LogP contribution in [0.5, 0.6) is 5.75 Å². The Hall–Kier alpha value is -2.37. The molecule has 0 spiro atoms. The van der Waals surface area contributed by atoms with Crippen LogP contribution in [0.2, 0.25) is 0 Å². The van der Waals surface area contributed by atoms with Crippen molar-refractivity contribution in [2.45, 2.75) is 25.5 Å². The summed E-state index contributed by atoms with van der Waals surface area (Å²) in [6, 6.07) is 18.1. The van der Waals surface area contributed by atoms with Gasteiger partial charge in [0.05, 0.1) is 12.6 Å². The summed E-state index contributed by atoms with van der Waals surface area (Å²) < 4.78 is 11.5. The van der Waals surface area contributed by atoms with Crippen LogP contribution in [0.4, 0.5) is 0 Å². The average Bonchev–Trinajstić information content (AvgIpc) is 3.39. The maximum absolute atomic E-state index is 12.8. The minimum atomic E-state index is -0.00735. The van der Waals surface area contributed by atoms with E-state index >= 15 is 0 Å². The van der Waals surface area contributed by atoms with E-state index in [-0.39, 0.29) is 18.6 Å². The molecule has 27 heavy (non-hydrogen) atoms. The number of nitrogens with zero attached hydrogens (tertiary/aromatic N) is 1. The van der Waals surface area contributed by atoms with Gasteiger partial charge in [-0.25, -0.2) is 0 Å². The number of thiophene rings is 1. The third-order valence-corrected chi connectivity index (χ3v) is 5.67. The highest BCUT2D eigenvalue weighted by Crippen LogP contribution is 2.21. The number of amides is 1. The molecule has 2 aromatic carbocycles. The molecule has 0 bridgehead atoms. The quantitative estimate of drug-likeness (QED) is 0.605. The van der Waals surface area contributed by atoms with Crippen LogP contribution in [-0.4, -0.2) is 36.7 Å². The van der Waals surface area contributed by atoms with Gasteiger partial charge >= 0.3 is 0 Å². The third-order valence-electron chi connectivity index (χ3n) is 4.81. The lowest BCUT2D eigenvalue weighted by Gasteiger charge is -2.25. The van der Waals surface area contributed by atoms with Gasteiger partial charge in [-0.3, -0.25) is 4.79 Å². The van der Waals surface area contributed by atoms with Crippen LogP contribution in [0.3, 0.4) is 0 Å². The molecule has 1 aliphatic rings. The van der Waals surface area contributed by atoms with E-state index in [0.29, 0.717) is 13.1 Å². The second-order valence-electron chi connectivity index (χ2n) is 6.79. The van der Waals surface area contributed by atoms with Crippen molar-refractivity contribution < 1.29 is 14.3 Å². The molecule has 4 nitrogen and oxygen atoms in total. The van der Waals surface area contributed by atoms with Crippen molar-refractivity contribution in [3.63, 3.8) is 0 Å². The van der Waals surface area contributed by atoms with Crippen molar-refractivity contribution in [2.24, 2.45) is 0 Å². The minimum absolute atomic E-state index is 0.00735. The summed E-state index contributed by atoms with van der Waals surface area (Å²) in [5, 5.41) is 4.31. The molecule has 1 aromatic heterocycles. The Kier molecular flexibility index (Phi) is 5.70. The predicted molar refractivity (Wildman–Crippen MR) is 108 cm³/mol. The molecule has 140 valence electrons. The lowest BCUT2D eigenvalue weighted by Crippen LogP contribution is -2.39. The van der Waals surface area contributed by atoms with E-state index in [9.17, 15) is 4.79 Å². The fraction of sp³-hybridized carbons (Fsp3) is 0.318. The molecule has 1 saturated heterocycles. The van der Waals surface area contributed by atoms with Gasteiger partial charge in [0, 0.05) is 18.0 Å². The lowest BCUT2D eigenvalue weighted by atomic mass is 10.1. The molecule has 0 N–H and O–H groups in total. The van der Waals surface area contributed by atoms with Gasteiger partial charge < -0.3 is 14.4 Å². The van der Waals surface area contributed by atoms with Crippen LogP contribution in [0.15, 0.2) is 60.0 Å². The zero-order chi connectivity index (χ0) is 18.5. The maximum Gasteiger partial charge on any atom is 0.260 e. The van der Waals surface area contributed by atoms with E-state index in [0.717, 1.165) is 36.0 Å². The average molecular weight is 381 g/mol. The lowest BCUT2D eigenvalue weighted by molar-refractivity contribution is -0.135. The number of hydrogen-bond acceptors (Lipinski definition) is 4. The van der Waals surface area contributed by atoms with E-state index in [2.05, 4.69) is 12.1 Å². The summed E-state index contributed by atoms with van der Waals surface area (Å²) in [7, 11) is 0. The summed E-state index contributed by atoms with van der Waals surface area (Å²) in [4.78, 5) is 15.9. The van der Waals surface area contributed by atoms with Gasteiger partial charge in [-0.05, 0) is 47.2 Å². The van der Waals surface area contributed by atoms with Gasteiger partial charge in [-0.1, -0.05) is 36.4 Å². The van der Waals surface area contributed by atoms with Crippen molar-refractivity contribution >= 4 is 28.0 Å². The van der Waals surface area contributed by atoms with Crippen LogP contribution in [0, 0.1) is 0 Å². The molecule has 2 heterocycles. The monoisotopic (exact) mass is 381 g/mol. The molecule has 1 atom stereocenters. The SMILES string of the molecule is O=C(COc1ccc2ccccc2c1)N(Cc1cccs1)C[C@H]1CCCO1. The highest BCUT2D eigenvalue weighted by Gasteiger charge is 2.23. The Bertz CT molecular complexity index is 887. The molecule has 1 aliphatic heterocycles. The second kappa shape index (κ2) is 8.55. The second-order valence-corrected chi connectivity index (χ2v) is 7.82. The van der Waals surface area contributed by atoms with Crippen LogP contribution < -0.4 is 4.74 Å². The molecule has 4 rings (SSSR count). The van der Waals surface area contributed by atoms with Crippen molar-refractivity contribution in [1.29, 1.82) is 0 Å². The molecule has 0 radical (unpaired) electrons. The topological polar surface area (TPSA) is 38.8 Å². The maximum atomic E-state index is 12.8. The van der Waals surface area contributed by atoms with Gasteiger partial charge in [-0.2, -0.15) is 0 Å². The first-order valence-electron chi connectivity index (χ1n) is 9.31. The van der Waals surface area contributed by atoms with Gasteiger partial charge in [0.2, 0.25) is 0 Å². The van der Waals surface area contributed by atoms with Crippen LogP contribution in [-0.2, 0) is 16.1 Å². The highest BCUT2D eigenvalue weighted by molar-refractivity contribution is 7.09. The van der Waals surface area contributed by atoms with Crippen LogP contribution >= 0.6 is 11.3 Å². The van der Waals surface area contributed by atoms with E-state index in [1.807, 2.05) is 52.7 Å². The molecule has 5 heteroatoms. The standard InChI is InChI=1S/C22H23NO3S/c24-22(16-26-19-10-9-17-5-1-2-6-18(17)13-19)23(14-20-7-3-11-25-20)15-21-8-4-12-27-21/h1-2,4-6,8-10,12-13,20H,3,7,11,14-16H2/t20-/m1/s1.